The molecule has 198 valence electrons. The van der Waals surface area contributed by atoms with Crippen molar-refractivity contribution in [1.82, 2.24) is 4.98 Å². The predicted molar refractivity (Wildman–Crippen MR) is 143 cm³/mol. The number of fused-ring (bicyclic) bond motifs is 2. The summed E-state index contributed by atoms with van der Waals surface area (Å²) in [6, 6.07) is 15.9. The number of nitriles is 1. The van der Waals surface area contributed by atoms with Gasteiger partial charge < -0.3 is 15.2 Å². The number of aromatic nitrogens is 1. The van der Waals surface area contributed by atoms with E-state index in [1.54, 1.807) is 24.3 Å². The van der Waals surface area contributed by atoms with E-state index in [0.717, 1.165) is 29.0 Å². The van der Waals surface area contributed by atoms with Crippen LogP contribution in [0.1, 0.15) is 29.5 Å². The van der Waals surface area contributed by atoms with Crippen LogP contribution >= 0.6 is 0 Å². The van der Waals surface area contributed by atoms with E-state index in [2.05, 4.69) is 16.4 Å². The van der Waals surface area contributed by atoms with Crippen molar-refractivity contribution in [3.8, 4) is 22.9 Å². The topological polar surface area (TPSA) is 146 Å². The number of allylic oxidation sites excluding steroid dienone is 1. The number of hydrogen-bond acceptors (Lipinski definition) is 7. The predicted octanol–water partition coefficient (Wildman–Crippen LogP) is 3.89. The lowest BCUT2D eigenvalue weighted by Crippen LogP contribution is -2.27. The van der Waals surface area contributed by atoms with Gasteiger partial charge in [-0.1, -0.05) is 18.2 Å². The summed E-state index contributed by atoms with van der Waals surface area (Å²) in [5.74, 6) is -0.832. The van der Waals surface area contributed by atoms with Crippen LogP contribution in [-0.4, -0.2) is 43.2 Å². The first kappa shape index (κ1) is 26.1. The molecule has 10 heteroatoms. The Morgan fingerprint density at radius 3 is 2.69 bits per heavy atom. The van der Waals surface area contributed by atoms with Crippen LogP contribution in [0.25, 0.3) is 11.1 Å². The van der Waals surface area contributed by atoms with E-state index in [-0.39, 0.29) is 23.3 Å². The molecule has 9 nitrogen and oxygen atoms in total. The van der Waals surface area contributed by atoms with E-state index in [0.29, 0.717) is 42.0 Å². The number of carboxylic acid groups (broad SMARTS) is 1. The Bertz CT molecular complexity index is 1660. The fourth-order valence-electron chi connectivity index (χ4n) is 5.14. The molecule has 2 heterocycles. The first-order valence-corrected chi connectivity index (χ1v) is 14.2. The molecule has 0 unspecified atom stereocenters. The lowest BCUT2D eigenvalue weighted by Gasteiger charge is -2.27. The van der Waals surface area contributed by atoms with E-state index in [4.69, 9.17) is 9.84 Å². The fourth-order valence-corrected chi connectivity index (χ4v) is 5.70. The summed E-state index contributed by atoms with van der Waals surface area (Å²) in [7, 11) is -3.41. The number of sulfone groups is 1. The molecule has 1 spiro atoms. The third-order valence-electron chi connectivity index (χ3n) is 7.26. The quantitative estimate of drug-likeness (QED) is 0.427. The molecule has 1 aromatic heterocycles. The molecule has 0 radical (unpaired) electrons. The minimum atomic E-state index is -3.41. The molecule has 2 aliphatic rings. The molecule has 3 aromatic rings. The molecule has 1 saturated carbocycles. The molecule has 5 rings (SSSR count). The summed E-state index contributed by atoms with van der Waals surface area (Å²) in [5, 5.41) is 21.2. The molecule has 2 N–H and O–H groups in total. The summed E-state index contributed by atoms with van der Waals surface area (Å²) in [4.78, 5) is 28.4. The van der Waals surface area contributed by atoms with Gasteiger partial charge in [-0.2, -0.15) is 5.26 Å². The zero-order valence-electron chi connectivity index (χ0n) is 21.0. The van der Waals surface area contributed by atoms with E-state index >= 15 is 0 Å². The van der Waals surface area contributed by atoms with Crippen molar-refractivity contribution < 1.29 is 27.9 Å². The third kappa shape index (κ3) is 5.26. The molecular formula is C29H25N3O6S. The van der Waals surface area contributed by atoms with Crippen LogP contribution in [0.4, 0.5) is 5.69 Å². The molecule has 1 fully saturated rings. The molecule has 1 aliphatic carbocycles. The zero-order valence-corrected chi connectivity index (χ0v) is 21.9. The molecule has 2 aromatic carbocycles. The second kappa shape index (κ2) is 10.0. The highest BCUT2D eigenvalue weighted by Crippen LogP contribution is 2.61. The lowest BCUT2D eigenvalue weighted by atomic mass is 9.85. The molecular weight excluding hydrogens is 518 g/mol. The standard InChI is InChI=1S/C29H25N3O6S/c1-39(36,37)26-10-8-21(17-31-26)20-7-9-25-22(14-20)29(11-12-38-25)15-23(29)28(35)32-24-13-18(16-30)5-6-19(24)3-2-4-27(33)34/h2,4-10,13-14,17,23H,3,11-12,15H2,1H3,(H,32,35)(H,33,34)/t23-,29-/m0/s1. The Balaban J connectivity index is 1.40. The van der Waals surface area contributed by atoms with Crippen molar-refractivity contribution in [2.45, 2.75) is 29.7 Å². The highest BCUT2D eigenvalue weighted by molar-refractivity contribution is 7.90. The maximum absolute atomic E-state index is 13.5. The summed E-state index contributed by atoms with van der Waals surface area (Å²) in [5.41, 5.74) is 3.69. The zero-order chi connectivity index (χ0) is 27.8. The number of carboxylic acids is 1. The van der Waals surface area contributed by atoms with Gasteiger partial charge in [-0.3, -0.25) is 4.79 Å². The monoisotopic (exact) mass is 543 g/mol. The van der Waals surface area contributed by atoms with Crippen LogP contribution in [0.15, 0.2) is 71.9 Å². The van der Waals surface area contributed by atoms with Crippen LogP contribution in [0, 0.1) is 17.2 Å². The SMILES string of the molecule is CS(=O)(=O)c1ccc(-c2ccc3c(c2)[C@]2(CCO3)C[C@H]2C(=O)Nc2cc(C#N)ccc2CC=CC(=O)O)cn1. The smallest absolute Gasteiger partial charge is 0.327 e. The Hall–Kier alpha value is -4.49. The number of aliphatic carboxylic acids is 1. The molecule has 2 atom stereocenters. The van der Waals surface area contributed by atoms with Crippen molar-refractivity contribution >= 4 is 27.4 Å². The lowest BCUT2D eigenvalue weighted by molar-refractivity contribution is -0.131. The van der Waals surface area contributed by atoms with Crippen molar-refractivity contribution in [3.63, 3.8) is 0 Å². The van der Waals surface area contributed by atoms with Gasteiger partial charge >= 0.3 is 5.97 Å². The van der Waals surface area contributed by atoms with Crippen LogP contribution in [-0.2, 0) is 31.3 Å². The van der Waals surface area contributed by atoms with Crippen LogP contribution < -0.4 is 10.1 Å². The van der Waals surface area contributed by atoms with Crippen molar-refractivity contribution in [3.05, 3.63) is 83.6 Å². The van der Waals surface area contributed by atoms with Crippen molar-refractivity contribution in [2.75, 3.05) is 18.2 Å². The van der Waals surface area contributed by atoms with Gasteiger partial charge in [0.2, 0.25) is 5.91 Å². The molecule has 0 saturated heterocycles. The summed E-state index contributed by atoms with van der Waals surface area (Å²) < 4.78 is 29.4. The Morgan fingerprint density at radius 1 is 1.21 bits per heavy atom. The summed E-state index contributed by atoms with van der Waals surface area (Å²) in [6.45, 7) is 0.482. The van der Waals surface area contributed by atoms with Gasteiger partial charge in [0.25, 0.3) is 0 Å². The second-order valence-corrected chi connectivity index (χ2v) is 11.8. The van der Waals surface area contributed by atoms with E-state index in [1.807, 2.05) is 18.2 Å². The molecule has 1 amide bonds. The van der Waals surface area contributed by atoms with Crippen molar-refractivity contribution in [2.24, 2.45) is 5.92 Å². The average Bonchev–Trinajstić information content (AvgIpc) is 3.63. The Labute approximate surface area is 225 Å². The Morgan fingerprint density at radius 2 is 2.00 bits per heavy atom. The highest BCUT2D eigenvalue weighted by Gasteiger charge is 2.61. The maximum Gasteiger partial charge on any atom is 0.327 e. The van der Waals surface area contributed by atoms with E-state index in [1.165, 1.54) is 18.3 Å². The number of ether oxygens (including phenoxy) is 1. The number of amides is 1. The minimum absolute atomic E-state index is 0.00114. The summed E-state index contributed by atoms with van der Waals surface area (Å²) in [6.07, 6.45) is 6.75. The maximum atomic E-state index is 13.5. The minimum Gasteiger partial charge on any atom is -0.493 e. The van der Waals surface area contributed by atoms with Gasteiger partial charge in [-0.15, -0.1) is 0 Å². The van der Waals surface area contributed by atoms with Crippen molar-refractivity contribution in [1.29, 1.82) is 5.26 Å². The molecule has 1 aliphatic heterocycles. The number of anilines is 1. The number of nitrogens with one attached hydrogen (secondary N) is 1. The van der Waals surface area contributed by atoms with Gasteiger partial charge in [-0.25, -0.2) is 18.2 Å². The second-order valence-electron chi connectivity index (χ2n) is 9.80. The molecule has 0 bridgehead atoms. The van der Waals surface area contributed by atoms with Gasteiger partial charge in [-0.05, 0) is 66.8 Å². The Kier molecular flexibility index (Phi) is 6.70. The first-order chi connectivity index (χ1) is 18.6. The van der Waals surface area contributed by atoms with Crippen LogP contribution in [0.3, 0.4) is 0 Å². The number of pyridine rings is 1. The third-order valence-corrected chi connectivity index (χ3v) is 8.26. The van der Waals surface area contributed by atoms with Gasteiger partial charge in [0, 0.05) is 46.7 Å². The fraction of sp³-hybridized carbons (Fsp3) is 0.241. The van der Waals surface area contributed by atoms with Crippen LogP contribution in [0.5, 0.6) is 5.75 Å². The highest BCUT2D eigenvalue weighted by atomic mass is 32.2. The largest absolute Gasteiger partial charge is 0.493 e. The first-order valence-electron chi connectivity index (χ1n) is 12.3. The average molecular weight is 544 g/mol. The van der Waals surface area contributed by atoms with Gasteiger partial charge in [0.05, 0.1) is 18.2 Å². The normalized spacial score (nSPS) is 19.6. The number of nitrogens with zero attached hydrogens (tertiary/aromatic N) is 2. The number of hydrogen-bond donors (Lipinski definition) is 2. The van der Waals surface area contributed by atoms with Gasteiger partial charge in [0.1, 0.15) is 5.75 Å². The van der Waals surface area contributed by atoms with E-state index in [9.17, 15) is 23.3 Å². The van der Waals surface area contributed by atoms with Gasteiger partial charge in [0.15, 0.2) is 14.9 Å². The number of rotatable bonds is 7. The summed E-state index contributed by atoms with van der Waals surface area (Å²) >= 11 is 0. The molecule has 39 heavy (non-hydrogen) atoms. The number of carbonyl (C=O) groups excluding carboxylic acids is 1. The van der Waals surface area contributed by atoms with Crippen LogP contribution in [0.2, 0.25) is 0 Å². The number of benzene rings is 2. The number of carbonyl (C=O) groups is 2. The van der Waals surface area contributed by atoms with E-state index < -0.39 is 21.2 Å².